The van der Waals surface area contributed by atoms with E-state index >= 15 is 0 Å². The van der Waals surface area contributed by atoms with Gasteiger partial charge in [-0.3, -0.25) is 0 Å². The summed E-state index contributed by atoms with van der Waals surface area (Å²) in [5.41, 5.74) is 6.02. The van der Waals surface area contributed by atoms with E-state index in [2.05, 4.69) is 4.72 Å². The van der Waals surface area contributed by atoms with Gasteiger partial charge in [0.2, 0.25) is 0 Å². The molecule has 17 heavy (non-hydrogen) atoms. The van der Waals surface area contributed by atoms with Crippen LogP contribution in [0.5, 0.6) is 0 Å². The third-order valence-electron chi connectivity index (χ3n) is 3.42. The molecule has 0 saturated heterocycles. The van der Waals surface area contributed by atoms with Crippen LogP contribution in [0.1, 0.15) is 46.0 Å². The van der Waals surface area contributed by atoms with Gasteiger partial charge in [0.1, 0.15) is 0 Å². The van der Waals surface area contributed by atoms with Crippen molar-refractivity contribution >= 4 is 10.2 Å². The highest BCUT2D eigenvalue weighted by Crippen LogP contribution is 2.17. The Hall–Kier alpha value is -0.170. The van der Waals surface area contributed by atoms with Crippen molar-refractivity contribution in [1.82, 2.24) is 9.03 Å². The topological polar surface area (TPSA) is 75.4 Å². The standard InChI is InChI=1S/C11H25N3O2S/c1-3-14(4-2)17(15,16)13-11-9-7-5-6-8-10(11)12/h10-11,13H,3-9,12H2,1-2H3. The molecule has 102 valence electrons. The van der Waals surface area contributed by atoms with Crippen LogP contribution in [-0.2, 0) is 10.2 Å². The smallest absolute Gasteiger partial charge is 0.279 e. The monoisotopic (exact) mass is 263 g/mol. The highest BCUT2D eigenvalue weighted by Gasteiger charge is 2.27. The molecule has 0 bridgehead atoms. The second-order valence-electron chi connectivity index (χ2n) is 4.62. The van der Waals surface area contributed by atoms with Gasteiger partial charge in [-0.1, -0.05) is 33.1 Å². The lowest BCUT2D eigenvalue weighted by molar-refractivity contribution is 0.402. The lowest BCUT2D eigenvalue weighted by Crippen LogP contribution is -2.51. The van der Waals surface area contributed by atoms with E-state index in [-0.39, 0.29) is 12.1 Å². The third kappa shape index (κ3) is 4.21. The van der Waals surface area contributed by atoms with E-state index in [0.29, 0.717) is 13.1 Å². The average Bonchev–Trinajstić information content (AvgIpc) is 2.45. The molecule has 0 aromatic heterocycles. The summed E-state index contributed by atoms with van der Waals surface area (Å²) < 4.78 is 28.4. The Labute approximate surface area is 105 Å². The minimum Gasteiger partial charge on any atom is -0.326 e. The molecule has 0 spiro atoms. The number of rotatable bonds is 5. The molecule has 0 aromatic rings. The Bertz CT molecular complexity index is 315. The Kier molecular flexibility index (Phi) is 5.85. The van der Waals surface area contributed by atoms with Crippen molar-refractivity contribution < 1.29 is 8.42 Å². The van der Waals surface area contributed by atoms with E-state index in [1.165, 1.54) is 4.31 Å². The zero-order chi connectivity index (χ0) is 12.9. The first-order chi connectivity index (χ1) is 8.01. The second kappa shape index (κ2) is 6.68. The number of nitrogens with zero attached hydrogens (tertiary/aromatic N) is 1. The van der Waals surface area contributed by atoms with Crippen LogP contribution in [0.2, 0.25) is 0 Å². The van der Waals surface area contributed by atoms with Crippen molar-refractivity contribution in [3.05, 3.63) is 0 Å². The molecule has 0 radical (unpaired) electrons. The molecule has 0 aromatic carbocycles. The first-order valence-electron chi connectivity index (χ1n) is 6.54. The maximum Gasteiger partial charge on any atom is 0.279 e. The molecular formula is C11H25N3O2S. The Morgan fingerprint density at radius 1 is 1.18 bits per heavy atom. The van der Waals surface area contributed by atoms with Gasteiger partial charge in [-0.15, -0.1) is 0 Å². The van der Waals surface area contributed by atoms with E-state index < -0.39 is 10.2 Å². The molecule has 6 heteroatoms. The Balaban J connectivity index is 2.67. The quantitative estimate of drug-likeness (QED) is 0.721. The van der Waals surface area contributed by atoms with Crippen LogP contribution >= 0.6 is 0 Å². The van der Waals surface area contributed by atoms with Gasteiger partial charge in [-0.2, -0.15) is 17.4 Å². The fourth-order valence-corrected chi connectivity index (χ4v) is 3.82. The normalized spacial score (nSPS) is 27.1. The van der Waals surface area contributed by atoms with Gasteiger partial charge in [-0.25, -0.2) is 0 Å². The Morgan fingerprint density at radius 2 is 1.76 bits per heavy atom. The van der Waals surface area contributed by atoms with Gasteiger partial charge in [0, 0.05) is 25.2 Å². The summed E-state index contributed by atoms with van der Waals surface area (Å²) in [6.45, 7) is 4.67. The van der Waals surface area contributed by atoms with E-state index in [0.717, 1.165) is 32.1 Å². The lowest BCUT2D eigenvalue weighted by atomic mass is 10.1. The lowest BCUT2D eigenvalue weighted by Gasteiger charge is -2.26. The van der Waals surface area contributed by atoms with E-state index in [1.54, 1.807) is 0 Å². The van der Waals surface area contributed by atoms with Crippen molar-refractivity contribution in [2.75, 3.05) is 13.1 Å². The van der Waals surface area contributed by atoms with Crippen LogP contribution in [0, 0.1) is 0 Å². The van der Waals surface area contributed by atoms with E-state index in [1.807, 2.05) is 13.8 Å². The minimum absolute atomic E-state index is 0.0529. The SMILES string of the molecule is CCN(CC)S(=O)(=O)NC1CCCCCC1N. The van der Waals surface area contributed by atoms with E-state index in [9.17, 15) is 8.42 Å². The highest BCUT2D eigenvalue weighted by atomic mass is 32.2. The molecule has 0 amide bonds. The van der Waals surface area contributed by atoms with Crippen LogP contribution in [0.4, 0.5) is 0 Å². The Morgan fingerprint density at radius 3 is 2.35 bits per heavy atom. The summed E-state index contributed by atoms with van der Waals surface area (Å²) in [6.07, 6.45) is 5.06. The van der Waals surface area contributed by atoms with Gasteiger partial charge >= 0.3 is 0 Å². The van der Waals surface area contributed by atoms with Crippen LogP contribution in [0.15, 0.2) is 0 Å². The summed E-state index contributed by atoms with van der Waals surface area (Å²) in [5, 5.41) is 0. The summed E-state index contributed by atoms with van der Waals surface area (Å²) in [6, 6.07) is -0.161. The molecule has 2 unspecified atom stereocenters. The molecule has 1 aliphatic rings. The van der Waals surface area contributed by atoms with Crippen molar-refractivity contribution in [2.24, 2.45) is 5.73 Å². The highest BCUT2D eigenvalue weighted by molar-refractivity contribution is 7.87. The van der Waals surface area contributed by atoms with Gasteiger partial charge in [-0.05, 0) is 12.8 Å². The largest absolute Gasteiger partial charge is 0.326 e. The van der Waals surface area contributed by atoms with Gasteiger partial charge in [0.25, 0.3) is 10.2 Å². The molecule has 5 nitrogen and oxygen atoms in total. The molecule has 1 fully saturated rings. The zero-order valence-electron chi connectivity index (χ0n) is 10.9. The molecule has 1 aliphatic carbocycles. The molecule has 3 N–H and O–H groups in total. The first kappa shape index (κ1) is 14.9. The molecule has 2 atom stereocenters. The second-order valence-corrected chi connectivity index (χ2v) is 6.32. The number of nitrogens with one attached hydrogen (secondary N) is 1. The summed E-state index contributed by atoms with van der Waals surface area (Å²) in [5.74, 6) is 0. The van der Waals surface area contributed by atoms with Gasteiger partial charge in [0.05, 0.1) is 0 Å². The minimum atomic E-state index is -3.37. The van der Waals surface area contributed by atoms with Gasteiger partial charge in [0.15, 0.2) is 0 Å². The first-order valence-corrected chi connectivity index (χ1v) is 7.98. The number of hydrogen-bond donors (Lipinski definition) is 2. The fourth-order valence-electron chi connectivity index (χ4n) is 2.31. The molecule has 1 rings (SSSR count). The van der Waals surface area contributed by atoms with Gasteiger partial charge < -0.3 is 5.73 Å². The molecular weight excluding hydrogens is 238 g/mol. The van der Waals surface area contributed by atoms with E-state index in [4.69, 9.17) is 5.73 Å². The zero-order valence-corrected chi connectivity index (χ0v) is 11.7. The van der Waals surface area contributed by atoms with Crippen LogP contribution in [-0.4, -0.2) is 37.9 Å². The molecule has 0 aliphatic heterocycles. The average molecular weight is 263 g/mol. The maximum absolute atomic E-state index is 12.1. The molecule has 1 saturated carbocycles. The van der Waals surface area contributed by atoms with Crippen molar-refractivity contribution in [1.29, 1.82) is 0 Å². The van der Waals surface area contributed by atoms with Crippen molar-refractivity contribution in [3.8, 4) is 0 Å². The van der Waals surface area contributed by atoms with Crippen LogP contribution < -0.4 is 10.5 Å². The summed E-state index contributed by atoms with van der Waals surface area (Å²) in [4.78, 5) is 0. The fraction of sp³-hybridized carbons (Fsp3) is 1.00. The predicted octanol–water partition coefficient (Wildman–Crippen LogP) is 0.823. The summed E-state index contributed by atoms with van der Waals surface area (Å²) in [7, 11) is -3.37. The maximum atomic E-state index is 12.1. The number of hydrogen-bond acceptors (Lipinski definition) is 3. The third-order valence-corrected chi connectivity index (χ3v) is 5.21. The molecule has 0 heterocycles. The van der Waals surface area contributed by atoms with Crippen LogP contribution in [0.25, 0.3) is 0 Å². The van der Waals surface area contributed by atoms with Crippen molar-refractivity contribution in [2.45, 2.75) is 58.0 Å². The van der Waals surface area contributed by atoms with Crippen molar-refractivity contribution in [3.63, 3.8) is 0 Å². The number of nitrogens with two attached hydrogens (primary N) is 1. The predicted molar refractivity (Wildman–Crippen MR) is 69.8 cm³/mol. The summed E-state index contributed by atoms with van der Waals surface area (Å²) >= 11 is 0. The van der Waals surface area contributed by atoms with Crippen LogP contribution in [0.3, 0.4) is 0 Å².